The van der Waals surface area contributed by atoms with E-state index in [0.717, 1.165) is 35.6 Å². The zero-order chi connectivity index (χ0) is 18.1. The predicted molar refractivity (Wildman–Crippen MR) is 96.8 cm³/mol. The van der Waals surface area contributed by atoms with Crippen LogP contribution in [0, 0.1) is 5.92 Å². The van der Waals surface area contributed by atoms with Gasteiger partial charge in [0.1, 0.15) is 17.2 Å². The van der Waals surface area contributed by atoms with Crippen molar-refractivity contribution >= 4 is 23.2 Å². The van der Waals surface area contributed by atoms with Crippen molar-refractivity contribution in [2.24, 2.45) is 5.92 Å². The smallest absolute Gasteiger partial charge is 0.347 e. The number of carbonyl (C=O) groups excluding carboxylic acids is 1. The van der Waals surface area contributed by atoms with Crippen LogP contribution in [-0.4, -0.2) is 46.6 Å². The number of benzene rings is 1. The molecule has 1 unspecified atom stereocenters. The van der Waals surface area contributed by atoms with Gasteiger partial charge in [-0.15, -0.1) is 11.3 Å². The van der Waals surface area contributed by atoms with Crippen LogP contribution in [0.1, 0.15) is 39.0 Å². The molecule has 1 N–H and O–H groups in total. The van der Waals surface area contributed by atoms with Crippen LogP contribution in [0.5, 0.6) is 5.75 Å². The molecule has 2 aliphatic rings. The van der Waals surface area contributed by atoms with Crippen LogP contribution in [0.3, 0.4) is 0 Å². The maximum atomic E-state index is 12.9. The van der Waals surface area contributed by atoms with Crippen LogP contribution >= 0.6 is 11.3 Å². The highest BCUT2D eigenvalue weighted by Crippen LogP contribution is 2.33. The number of aromatic nitrogens is 1. The van der Waals surface area contributed by atoms with E-state index in [4.69, 9.17) is 9.84 Å². The van der Waals surface area contributed by atoms with Crippen LogP contribution in [-0.2, 0) is 11.2 Å². The molecular weight excluding hydrogens is 352 g/mol. The summed E-state index contributed by atoms with van der Waals surface area (Å²) in [7, 11) is 0. The lowest BCUT2D eigenvalue weighted by Gasteiger charge is -2.35. The van der Waals surface area contributed by atoms with Crippen molar-refractivity contribution in [2.75, 3.05) is 19.7 Å². The summed E-state index contributed by atoms with van der Waals surface area (Å²) in [5.41, 5.74) is 1.09. The average Bonchev–Trinajstić information content (AvgIpc) is 3.18. The molecule has 0 bridgehead atoms. The number of nitrogens with zero attached hydrogens (tertiary/aromatic N) is 2. The lowest BCUT2D eigenvalue weighted by atomic mass is 9.93. The standard InChI is InChI=1S/C19H20N2O4S/c22-18(14-9-13-3-1-2-4-15(13)25-11-14)21-7-5-12(6-8-21)17-20-10-16(26-17)19(23)24/h1-4,10,12,14H,5-9,11H2,(H,23,24). The van der Waals surface area contributed by atoms with Gasteiger partial charge < -0.3 is 14.7 Å². The number of likely N-dealkylation sites (tertiary alicyclic amines) is 1. The predicted octanol–water partition coefficient (Wildman–Crippen LogP) is 2.80. The van der Waals surface area contributed by atoms with Gasteiger partial charge in [0.15, 0.2) is 0 Å². The number of aromatic carboxylic acids is 1. The third-order valence-corrected chi connectivity index (χ3v) is 6.27. The molecule has 136 valence electrons. The summed E-state index contributed by atoms with van der Waals surface area (Å²) < 4.78 is 5.75. The fraction of sp³-hybridized carbons (Fsp3) is 0.421. The van der Waals surface area contributed by atoms with E-state index < -0.39 is 5.97 Å². The van der Waals surface area contributed by atoms with Crippen molar-refractivity contribution in [3.63, 3.8) is 0 Å². The number of hydrogen-bond donors (Lipinski definition) is 1. The Morgan fingerprint density at radius 1 is 1.23 bits per heavy atom. The molecule has 3 heterocycles. The Labute approximate surface area is 155 Å². The maximum Gasteiger partial charge on any atom is 0.347 e. The number of ether oxygens (including phenoxy) is 1. The summed E-state index contributed by atoms with van der Waals surface area (Å²) in [6.07, 6.45) is 3.80. The number of amides is 1. The molecule has 1 aromatic carbocycles. The van der Waals surface area contributed by atoms with Gasteiger partial charge in [-0.25, -0.2) is 9.78 Å². The van der Waals surface area contributed by atoms with E-state index in [9.17, 15) is 9.59 Å². The number of para-hydroxylation sites is 1. The first-order valence-corrected chi connectivity index (χ1v) is 9.62. The number of carbonyl (C=O) groups is 2. The zero-order valence-corrected chi connectivity index (χ0v) is 15.1. The topological polar surface area (TPSA) is 79.7 Å². The van der Waals surface area contributed by atoms with Crippen molar-refractivity contribution in [3.8, 4) is 5.75 Å². The van der Waals surface area contributed by atoms with Crippen LogP contribution in [0.15, 0.2) is 30.5 Å². The molecule has 0 radical (unpaired) electrons. The Kier molecular flexibility index (Phi) is 4.63. The molecule has 1 aromatic heterocycles. The average molecular weight is 372 g/mol. The SMILES string of the molecule is O=C(O)c1cnc(C2CCN(C(=O)C3COc4ccccc4C3)CC2)s1. The van der Waals surface area contributed by atoms with Gasteiger partial charge in [-0.1, -0.05) is 18.2 Å². The second-order valence-corrected chi connectivity index (χ2v) is 7.85. The van der Waals surface area contributed by atoms with Crippen LogP contribution < -0.4 is 4.74 Å². The van der Waals surface area contributed by atoms with Gasteiger partial charge in [-0.3, -0.25) is 4.79 Å². The van der Waals surface area contributed by atoms with Crippen LogP contribution in [0.2, 0.25) is 0 Å². The second kappa shape index (κ2) is 7.07. The molecule has 26 heavy (non-hydrogen) atoms. The Morgan fingerprint density at radius 3 is 2.73 bits per heavy atom. The van der Waals surface area contributed by atoms with Crippen molar-refractivity contribution < 1.29 is 19.4 Å². The number of carboxylic acids is 1. The van der Waals surface area contributed by atoms with Gasteiger partial charge in [0, 0.05) is 19.0 Å². The number of piperidine rings is 1. The molecular formula is C19H20N2O4S. The highest BCUT2D eigenvalue weighted by molar-refractivity contribution is 7.13. The highest BCUT2D eigenvalue weighted by Gasteiger charge is 2.32. The van der Waals surface area contributed by atoms with E-state index >= 15 is 0 Å². The second-order valence-electron chi connectivity index (χ2n) is 6.79. The summed E-state index contributed by atoms with van der Waals surface area (Å²) in [4.78, 5) is 30.3. The minimum Gasteiger partial charge on any atom is -0.492 e. The van der Waals surface area contributed by atoms with Gasteiger partial charge in [0.2, 0.25) is 5.91 Å². The lowest BCUT2D eigenvalue weighted by Crippen LogP contribution is -2.44. The fourth-order valence-corrected chi connectivity index (χ4v) is 4.59. The summed E-state index contributed by atoms with van der Waals surface area (Å²) in [6.45, 7) is 1.80. The molecule has 0 spiro atoms. The largest absolute Gasteiger partial charge is 0.492 e. The minimum absolute atomic E-state index is 0.125. The van der Waals surface area contributed by atoms with Gasteiger partial charge in [-0.05, 0) is 30.9 Å². The van der Waals surface area contributed by atoms with E-state index in [1.165, 1.54) is 17.5 Å². The van der Waals surface area contributed by atoms with Crippen molar-refractivity contribution in [1.82, 2.24) is 9.88 Å². The first kappa shape index (κ1) is 17.0. The molecule has 7 heteroatoms. The van der Waals surface area contributed by atoms with Gasteiger partial charge >= 0.3 is 5.97 Å². The molecule has 0 aliphatic carbocycles. The molecule has 0 saturated carbocycles. The van der Waals surface area contributed by atoms with E-state index in [0.29, 0.717) is 19.7 Å². The fourth-order valence-electron chi connectivity index (χ4n) is 3.67. The maximum absolute atomic E-state index is 12.9. The summed E-state index contributed by atoms with van der Waals surface area (Å²) >= 11 is 1.24. The van der Waals surface area contributed by atoms with Crippen LogP contribution in [0.25, 0.3) is 0 Å². The summed E-state index contributed by atoms with van der Waals surface area (Å²) in [5, 5.41) is 9.90. The van der Waals surface area contributed by atoms with Gasteiger partial charge in [-0.2, -0.15) is 0 Å². The molecule has 1 fully saturated rings. The number of carboxylic acid groups (broad SMARTS) is 1. The van der Waals surface area contributed by atoms with Gasteiger partial charge in [0.25, 0.3) is 0 Å². The lowest BCUT2D eigenvalue weighted by molar-refractivity contribution is -0.138. The quantitative estimate of drug-likeness (QED) is 0.896. The molecule has 1 saturated heterocycles. The van der Waals surface area contributed by atoms with E-state index in [-0.39, 0.29) is 22.6 Å². The van der Waals surface area contributed by atoms with E-state index in [2.05, 4.69) is 4.98 Å². The Balaban J connectivity index is 1.36. The molecule has 2 aliphatic heterocycles. The Morgan fingerprint density at radius 2 is 2.00 bits per heavy atom. The first-order chi connectivity index (χ1) is 12.6. The Hall–Kier alpha value is -2.41. The van der Waals surface area contributed by atoms with Gasteiger partial charge in [0.05, 0.1) is 17.1 Å². The Bertz CT molecular complexity index is 826. The van der Waals surface area contributed by atoms with Crippen LogP contribution in [0.4, 0.5) is 0 Å². The third-order valence-electron chi connectivity index (χ3n) is 5.12. The summed E-state index contributed by atoms with van der Waals surface area (Å²) in [6, 6.07) is 7.88. The molecule has 2 aromatic rings. The first-order valence-electron chi connectivity index (χ1n) is 8.80. The number of hydrogen-bond acceptors (Lipinski definition) is 5. The molecule has 6 nitrogen and oxygen atoms in total. The monoisotopic (exact) mass is 372 g/mol. The highest BCUT2D eigenvalue weighted by atomic mass is 32.1. The number of fused-ring (bicyclic) bond motifs is 1. The minimum atomic E-state index is -0.932. The molecule has 1 atom stereocenters. The molecule has 1 amide bonds. The van der Waals surface area contributed by atoms with E-state index in [1.807, 2.05) is 29.2 Å². The van der Waals surface area contributed by atoms with Crippen molar-refractivity contribution in [3.05, 3.63) is 45.9 Å². The number of rotatable bonds is 3. The number of thiazole rings is 1. The third kappa shape index (κ3) is 3.31. The molecule has 4 rings (SSSR count). The van der Waals surface area contributed by atoms with Crippen molar-refractivity contribution in [2.45, 2.75) is 25.2 Å². The normalized spacial score (nSPS) is 20.3. The van der Waals surface area contributed by atoms with E-state index in [1.54, 1.807) is 0 Å². The summed E-state index contributed by atoms with van der Waals surface area (Å²) in [5.74, 6) is 0.218. The zero-order valence-electron chi connectivity index (χ0n) is 14.3. The van der Waals surface area contributed by atoms with Crippen molar-refractivity contribution in [1.29, 1.82) is 0 Å².